The Morgan fingerprint density at radius 3 is 0.878 bits per heavy atom. The summed E-state index contributed by atoms with van der Waals surface area (Å²) >= 11 is 0. The molecule has 0 unspecified atom stereocenters. The Bertz CT molecular complexity index is 671. The van der Waals surface area contributed by atoms with Crippen LogP contribution in [0.5, 0.6) is 0 Å². The molecule has 7 heteroatoms. The molecule has 0 aliphatic rings. The Morgan fingerprint density at radius 2 is 0.633 bits per heavy atom. The van der Waals surface area contributed by atoms with Gasteiger partial charge in [-0.2, -0.15) is 0 Å². The van der Waals surface area contributed by atoms with Gasteiger partial charge in [0.25, 0.3) is 0 Å². The van der Waals surface area contributed by atoms with E-state index in [0.717, 1.165) is 25.9 Å². The van der Waals surface area contributed by atoms with Crippen LogP contribution in [0.15, 0.2) is 24.3 Å². The Balaban J connectivity index is -0.000000846. The van der Waals surface area contributed by atoms with E-state index < -0.39 is 11.9 Å². The van der Waals surface area contributed by atoms with E-state index in [1.165, 1.54) is 167 Å². The zero-order valence-corrected chi connectivity index (χ0v) is 35.4. The molecule has 0 aromatic carbocycles. The molecule has 0 aliphatic carbocycles. The molecule has 6 nitrogen and oxygen atoms in total. The number of hydrogen-bond acceptors (Lipinski definition) is 6. The molecule has 0 radical (unpaired) electrons. The van der Waals surface area contributed by atoms with Crippen molar-refractivity contribution in [1.82, 2.24) is 9.80 Å². The third kappa shape index (κ3) is 52.1. The number of rotatable bonds is 36. The van der Waals surface area contributed by atoms with Crippen LogP contribution in [0, 0.1) is 0 Å². The molecule has 0 heterocycles. The van der Waals surface area contributed by atoms with Crippen molar-refractivity contribution in [3.8, 4) is 0 Å². The van der Waals surface area contributed by atoms with Crippen LogP contribution < -0.4 is 10.2 Å². The molecule has 0 bridgehead atoms. The number of nitrogens with zero attached hydrogens (tertiary/aromatic N) is 2. The summed E-state index contributed by atoms with van der Waals surface area (Å²) in [4.78, 5) is 24.5. The van der Waals surface area contributed by atoms with Crippen LogP contribution in [0.4, 0.5) is 0 Å². The maximum absolute atomic E-state index is 10.4. The number of likely N-dealkylation sites (N-methyl/N-ethyl adjacent to an activating group) is 2. The fourth-order valence-corrected chi connectivity index (χ4v) is 5.86. The summed E-state index contributed by atoms with van der Waals surface area (Å²) in [5.74, 6) is -1.97. The monoisotopic (exact) mass is 717 g/mol. The molecular weight excluding hydrogens is 637 g/mol. The fourth-order valence-electron chi connectivity index (χ4n) is 5.86. The smallest absolute Gasteiger partial charge is 0.549 e. The first-order valence-corrected chi connectivity index (χ1v) is 20.4. The molecule has 0 N–H and O–H groups in total. The molecule has 49 heavy (non-hydrogen) atoms. The average Bonchev–Trinajstić information content (AvgIpc) is 3.04. The normalized spacial score (nSPS) is 11.4. The van der Waals surface area contributed by atoms with Crippen LogP contribution >= 0.6 is 0 Å². The van der Waals surface area contributed by atoms with Gasteiger partial charge in [0.15, 0.2) is 0 Å². The zero-order valence-electron chi connectivity index (χ0n) is 33.2. The molecule has 0 aliphatic heterocycles. The van der Waals surface area contributed by atoms with E-state index in [9.17, 15) is 19.8 Å². The van der Waals surface area contributed by atoms with Crippen LogP contribution in [0.3, 0.4) is 0 Å². The summed E-state index contributed by atoms with van der Waals surface area (Å²) in [6, 6.07) is 0. The first-order valence-electron chi connectivity index (χ1n) is 20.4. The minimum absolute atomic E-state index is 0. The minimum Gasteiger partial charge on any atom is -0.549 e. The number of allylic oxidation sites excluding steroid dienone is 4. The number of carbonyl (C=O) groups is 2. The van der Waals surface area contributed by atoms with E-state index in [1.54, 1.807) is 0 Å². The Morgan fingerprint density at radius 1 is 0.408 bits per heavy atom. The van der Waals surface area contributed by atoms with Gasteiger partial charge < -0.3 is 29.6 Å². The maximum atomic E-state index is 10.4. The molecule has 0 spiro atoms. The van der Waals surface area contributed by atoms with Gasteiger partial charge in [-0.05, 0) is 91.4 Å². The summed E-state index contributed by atoms with van der Waals surface area (Å²) in [5.41, 5.74) is 0. The van der Waals surface area contributed by atoms with Crippen LogP contribution in [0.1, 0.15) is 194 Å². The van der Waals surface area contributed by atoms with Crippen LogP contribution in [-0.2, 0) is 9.59 Å². The molecule has 0 fully saturated rings. The third-order valence-electron chi connectivity index (χ3n) is 8.90. The second-order valence-electron chi connectivity index (χ2n) is 14.1. The van der Waals surface area contributed by atoms with Gasteiger partial charge in [0.05, 0.1) is 11.9 Å². The van der Waals surface area contributed by atoms with Crippen molar-refractivity contribution in [2.24, 2.45) is 0 Å². The zero-order chi connectivity index (χ0) is 35.8. The van der Waals surface area contributed by atoms with Crippen molar-refractivity contribution in [1.29, 1.82) is 0 Å². The molecule has 0 amide bonds. The van der Waals surface area contributed by atoms with Gasteiger partial charge in [0.1, 0.15) is 0 Å². The first kappa shape index (κ1) is 53.0. The van der Waals surface area contributed by atoms with Gasteiger partial charge in [0, 0.05) is 13.1 Å². The minimum atomic E-state index is -0.984. The van der Waals surface area contributed by atoms with E-state index in [4.69, 9.17) is 0 Å². The molecular formula is C42H80CaN2O4. The second-order valence-corrected chi connectivity index (χ2v) is 14.1. The molecule has 0 aromatic heterocycles. The molecule has 0 atom stereocenters. The van der Waals surface area contributed by atoms with Gasteiger partial charge in [-0.25, -0.2) is 0 Å². The van der Waals surface area contributed by atoms with Crippen molar-refractivity contribution in [3.05, 3.63) is 24.3 Å². The van der Waals surface area contributed by atoms with Gasteiger partial charge >= 0.3 is 37.7 Å². The summed E-state index contributed by atoms with van der Waals surface area (Å²) in [7, 11) is 3.68. The van der Waals surface area contributed by atoms with Crippen molar-refractivity contribution >= 4 is 49.7 Å². The topological polar surface area (TPSA) is 86.7 Å². The number of hydrogen-bond donors (Lipinski definition) is 0. The SMILES string of the molecule is CCCCCCCC/C=C\CCCCCCCCN(C)CC(=O)[O-].CCCCCCCC/C=C\CCCCCCCCN(C)CC(=O)[O-].[Ca+2]. The number of carboxylic acids is 2. The second kappa shape index (κ2) is 45.6. The van der Waals surface area contributed by atoms with E-state index in [-0.39, 0.29) is 50.8 Å². The fraction of sp³-hybridized carbons (Fsp3) is 0.857. The number of carbonyl (C=O) groups excluding carboxylic acids is 2. The largest absolute Gasteiger partial charge is 2.00 e. The Hall–Kier alpha value is -0.400. The van der Waals surface area contributed by atoms with E-state index in [2.05, 4.69) is 38.2 Å². The number of aliphatic carboxylic acids is 2. The predicted octanol–water partition coefficient (Wildman–Crippen LogP) is 9.03. The summed E-state index contributed by atoms with van der Waals surface area (Å²) in [5, 5.41) is 20.8. The van der Waals surface area contributed by atoms with Crippen LogP contribution in [0.25, 0.3) is 0 Å². The van der Waals surface area contributed by atoms with Gasteiger partial charge in [-0.15, -0.1) is 0 Å². The standard InChI is InChI=1S/2C21H41NO2.Ca/c2*1-3-4-5-6-7-8-9-10-11-12-13-14-15-16-17-18-19-22(2)20-21(23)24;/h2*10-11H,3-9,12-20H2,1-2H3,(H,23,24);/q;;+2/p-2/b2*11-10-;. The van der Waals surface area contributed by atoms with Crippen molar-refractivity contribution in [2.45, 2.75) is 194 Å². The molecule has 0 aromatic rings. The van der Waals surface area contributed by atoms with Gasteiger partial charge in [-0.1, -0.05) is 154 Å². The van der Waals surface area contributed by atoms with E-state index in [1.807, 2.05) is 23.9 Å². The third-order valence-corrected chi connectivity index (χ3v) is 8.90. The van der Waals surface area contributed by atoms with Crippen LogP contribution in [0.2, 0.25) is 0 Å². The summed E-state index contributed by atoms with van der Waals surface area (Å²) in [6.07, 6.45) is 45.9. The summed E-state index contributed by atoms with van der Waals surface area (Å²) in [6.45, 7) is 6.34. The van der Waals surface area contributed by atoms with Crippen molar-refractivity contribution < 1.29 is 19.8 Å². The van der Waals surface area contributed by atoms with Crippen molar-refractivity contribution in [2.75, 3.05) is 40.3 Å². The van der Waals surface area contributed by atoms with Crippen molar-refractivity contribution in [3.63, 3.8) is 0 Å². The van der Waals surface area contributed by atoms with E-state index in [0.29, 0.717) is 0 Å². The first-order chi connectivity index (χ1) is 23.3. The maximum Gasteiger partial charge on any atom is 2.00 e. The molecule has 0 saturated heterocycles. The average molecular weight is 717 g/mol. The van der Waals surface area contributed by atoms with Gasteiger partial charge in [0.2, 0.25) is 0 Å². The van der Waals surface area contributed by atoms with Gasteiger partial charge in [-0.3, -0.25) is 0 Å². The number of unbranched alkanes of at least 4 members (excludes halogenated alkanes) is 24. The van der Waals surface area contributed by atoms with E-state index >= 15 is 0 Å². The number of carboxylic acid groups (broad SMARTS) is 2. The summed E-state index contributed by atoms with van der Waals surface area (Å²) < 4.78 is 0. The predicted molar refractivity (Wildman–Crippen MR) is 210 cm³/mol. The molecule has 0 saturated carbocycles. The molecule has 0 rings (SSSR count). The Labute approximate surface area is 335 Å². The quantitative estimate of drug-likeness (QED) is 0.0366. The van der Waals surface area contributed by atoms with Crippen LogP contribution in [-0.4, -0.2) is 99.8 Å². The molecule has 284 valence electrons. The Kier molecular flexibility index (Phi) is 49.3.